The average molecular weight is 252 g/mol. The first-order valence-electron chi connectivity index (χ1n) is 4.31. The van der Waals surface area contributed by atoms with E-state index in [4.69, 9.17) is 5.11 Å². The van der Waals surface area contributed by atoms with Gasteiger partial charge in [0.25, 0.3) is 0 Å². The highest BCUT2D eigenvalue weighted by atomic mass is 79.9. The van der Waals surface area contributed by atoms with Gasteiger partial charge in [-0.05, 0) is 34.1 Å². The minimum absolute atomic E-state index is 0.0639. The van der Waals surface area contributed by atoms with Gasteiger partial charge in [-0.15, -0.1) is 0 Å². The highest BCUT2D eigenvalue weighted by Crippen LogP contribution is 2.18. The third-order valence-electron chi connectivity index (χ3n) is 1.73. The second-order valence-electron chi connectivity index (χ2n) is 4.28. The van der Waals surface area contributed by atoms with Gasteiger partial charge in [-0.25, -0.2) is 0 Å². The number of aliphatic hydroxyl groups is 1. The molecule has 0 aromatic rings. The molecule has 0 atom stereocenters. The van der Waals surface area contributed by atoms with Crippen molar-refractivity contribution >= 4 is 21.8 Å². The van der Waals surface area contributed by atoms with Gasteiger partial charge in [0.1, 0.15) is 0 Å². The molecule has 0 aliphatic heterocycles. The Kier molecular flexibility index (Phi) is 4.39. The summed E-state index contributed by atoms with van der Waals surface area (Å²) in [6.07, 6.45) is 0.557. The lowest BCUT2D eigenvalue weighted by Gasteiger charge is -2.28. The van der Waals surface area contributed by atoms with Crippen molar-refractivity contribution in [3.63, 3.8) is 0 Å². The van der Waals surface area contributed by atoms with E-state index in [0.29, 0.717) is 6.42 Å². The summed E-state index contributed by atoms with van der Waals surface area (Å²) in [7, 11) is 0. The predicted octanol–water partition coefficient (Wildman–Crippen LogP) is 1.44. The molecule has 0 radical (unpaired) electrons. The second kappa shape index (κ2) is 4.42. The Morgan fingerprint density at radius 2 is 1.85 bits per heavy atom. The summed E-state index contributed by atoms with van der Waals surface area (Å²) in [5.74, 6) is -0.0639. The van der Waals surface area contributed by atoms with Crippen molar-refractivity contribution in [2.45, 2.75) is 44.0 Å². The van der Waals surface area contributed by atoms with E-state index in [9.17, 15) is 4.79 Å². The molecular formula is C9H18BrNO2. The molecule has 0 fully saturated rings. The minimum atomic E-state index is -0.556. The molecule has 1 amide bonds. The molecule has 0 saturated carbocycles. The van der Waals surface area contributed by atoms with Gasteiger partial charge in [0.2, 0.25) is 5.91 Å². The maximum absolute atomic E-state index is 11.5. The topological polar surface area (TPSA) is 49.3 Å². The number of amides is 1. The molecule has 0 heterocycles. The highest BCUT2D eigenvalue weighted by molar-refractivity contribution is 9.10. The highest BCUT2D eigenvalue weighted by Gasteiger charge is 2.28. The van der Waals surface area contributed by atoms with E-state index in [1.807, 2.05) is 13.8 Å². The number of aliphatic hydroxyl groups excluding tert-OH is 1. The summed E-state index contributed by atoms with van der Waals surface area (Å²) in [4.78, 5) is 11.5. The van der Waals surface area contributed by atoms with E-state index in [2.05, 4.69) is 21.2 Å². The van der Waals surface area contributed by atoms with Gasteiger partial charge in [0.15, 0.2) is 0 Å². The third kappa shape index (κ3) is 5.26. The molecule has 0 aromatic heterocycles. The molecule has 2 N–H and O–H groups in total. The van der Waals surface area contributed by atoms with Crippen LogP contribution in [0.5, 0.6) is 0 Å². The molecule has 4 heteroatoms. The predicted molar refractivity (Wildman–Crippen MR) is 56.9 cm³/mol. The second-order valence-corrected chi connectivity index (χ2v) is 6.27. The van der Waals surface area contributed by atoms with Crippen molar-refractivity contribution in [3.05, 3.63) is 0 Å². The number of hydrogen-bond donors (Lipinski definition) is 2. The first-order valence-corrected chi connectivity index (χ1v) is 5.11. The molecule has 0 bridgehead atoms. The van der Waals surface area contributed by atoms with E-state index in [1.165, 1.54) is 0 Å². The number of nitrogens with one attached hydrogen (secondary N) is 1. The standard InChI is InChI=1S/C9H18BrNO2/c1-8(2,5-6-12)11-7(13)9(3,4)10/h12H,5-6H2,1-4H3,(H,11,13). The number of carbonyl (C=O) groups is 1. The van der Waals surface area contributed by atoms with Crippen LogP contribution in [0.25, 0.3) is 0 Å². The van der Waals surface area contributed by atoms with E-state index < -0.39 is 4.32 Å². The van der Waals surface area contributed by atoms with Crippen LogP contribution in [0.1, 0.15) is 34.1 Å². The van der Waals surface area contributed by atoms with Crippen LogP contribution in [0.15, 0.2) is 0 Å². The van der Waals surface area contributed by atoms with Crippen molar-refractivity contribution < 1.29 is 9.90 Å². The maximum Gasteiger partial charge on any atom is 0.236 e. The van der Waals surface area contributed by atoms with Gasteiger partial charge in [-0.1, -0.05) is 15.9 Å². The van der Waals surface area contributed by atoms with Crippen LogP contribution in [-0.2, 0) is 4.79 Å². The number of carbonyl (C=O) groups excluding carboxylic acids is 1. The van der Waals surface area contributed by atoms with Gasteiger partial charge in [-0.3, -0.25) is 4.79 Å². The zero-order chi connectivity index (χ0) is 10.7. The van der Waals surface area contributed by atoms with Crippen molar-refractivity contribution in [1.29, 1.82) is 0 Å². The fourth-order valence-corrected chi connectivity index (χ4v) is 0.897. The van der Waals surface area contributed by atoms with E-state index in [0.717, 1.165) is 0 Å². The third-order valence-corrected chi connectivity index (χ3v) is 2.09. The van der Waals surface area contributed by atoms with Crippen molar-refractivity contribution in [1.82, 2.24) is 5.32 Å². The van der Waals surface area contributed by atoms with Crippen molar-refractivity contribution in [2.24, 2.45) is 0 Å². The van der Waals surface area contributed by atoms with Crippen LogP contribution in [0.4, 0.5) is 0 Å². The summed E-state index contributed by atoms with van der Waals surface area (Å²) < 4.78 is -0.556. The molecule has 0 aliphatic rings. The van der Waals surface area contributed by atoms with E-state index in [-0.39, 0.29) is 18.1 Å². The molecule has 0 unspecified atom stereocenters. The zero-order valence-electron chi connectivity index (χ0n) is 8.65. The average Bonchev–Trinajstić information content (AvgIpc) is 1.83. The molecule has 78 valence electrons. The molecule has 3 nitrogen and oxygen atoms in total. The molecule has 0 spiro atoms. The van der Waals surface area contributed by atoms with Crippen molar-refractivity contribution in [3.8, 4) is 0 Å². The normalized spacial score (nSPS) is 12.8. The van der Waals surface area contributed by atoms with Crippen LogP contribution in [0, 0.1) is 0 Å². The fourth-order valence-electron chi connectivity index (χ4n) is 0.798. The largest absolute Gasteiger partial charge is 0.396 e. The smallest absolute Gasteiger partial charge is 0.236 e. The molecule has 0 aliphatic carbocycles. The van der Waals surface area contributed by atoms with Crippen molar-refractivity contribution in [2.75, 3.05) is 6.61 Å². The number of alkyl halides is 1. The Balaban J connectivity index is 4.20. The van der Waals surface area contributed by atoms with Gasteiger partial charge >= 0.3 is 0 Å². The quantitative estimate of drug-likeness (QED) is 0.744. The molecular weight excluding hydrogens is 234 g/mol. The van der Waals surface area contributed by atoms with E-state index >= 15 is 0 Å². The summed E-state index contributed by atoms with van der Waals surface area (Å²) in [6.45, 7) is 7.43. The lowest BCUT2D eigenvalue weighted by atomic mass is 10.00. The lowest BCUT2D eigenvalue weighted by Crippen LogP contribution is -2.49. The lowest BCUT2D eigenvalue weighted by molar-refractivity contribution is -0.124. The number of hydrogen-bond acceptors (Lipinski definition) is 2. The van der Waals surface area contributed by atoms with Crippen LogP contribution < -0.4 is 5.32 Å². The Bertz CT molecular complexity index is 185. The SMILES string of the molecule is CC(C)(CCO)NC(=O)C(C)(C)Br. The maximum atomic E-state index is 11.5. The van der Waals surface area contributed by atoms with Gasteiger partial charge in [0, 0.05) is 12.1 Å². The monoisotopic (exact) mass is 251 g/mol. The van der Waals surface area contributed by atoms with Gasteiger partial charge in [0.05, 0.1) is 4.32 Å². The number of rotatable bonds is 4. The molecule has 0 rings (SSSR count). The van der Waals surface area contributed by atoms with Gasteiger partial charge < -0.3 is 10.4 Å². The zero-order valence-corrected chi connectivity index (χ0v) is 10.2. The molecule has 0 saturated heterocycles. The molecule has 0 aromatic carbocycles. The van der Waals surface area contributed by atoms with Gasteiger partial charge in [-0.2, -0.15) is 0 Å². The minimum Gasteiger partial charge on any atom is -0.396 e. The van der Waals surface area contributed by atoms with Crippen LogP contribution in [-0.4, -0.2) is 27.5 Å². The first kappa shape index (κ1) is 12.9. The Morgan fingerprint density at radius 1 is 1.38 bits per heavy atom. The Hall–Kier alpha value is -0.0900. The molecule has 13 heavy (non-hydrogen) atoms. The van der Waals surface area contributed by atoms with Crippen LogP contribution in [0.2, 0.25) is 0 Å². The van der Waals surface area contributed by atoms with E-state index in [1.54, 1.807) is 13.8 Å². The Labute approximate surface area is 88.0 Å². The summed E-state index contributed by atoms with van der Waals surface area (Å²) in [5, 5.41) is 11.6. The number of halogens is 1. The van der Waals surface area contributed by atoms with Crippen LogP contribution in [0.3, 0.4) is 0 Å². The first-order chi connectivity index (χ1) is 5.69. The Morgan fingerprint density at radius 3 is 2.15 bits per heavy atom. The summed E-state index contributed by atoms with van der Waals surface area (Å²) in [5.41, 5.74) is -0.350. The summed E-state index contributed by atoms with van der Waals surface area (Å²) >= 11 is 3.27. The summed E-state index contributed by atoms with van der Waals surface area (Å²) in [6, 6.07) is 0. The fraction of sp³-hybridized carbons (Fsp3) is 0.889. The van der Waals surface area contributed by atoms with Crippen LogP contribution >= 0.6 is 15.9 Å².